The molecule has 2 aromatic rings. The van der Waals surface area contributed by atoms with Crippen LogP contribution in [-0.2, 0) is 0 Å². The van der Waals surface area contributed by atoms with E-state index in [0.717, 1.165) is 23.8 Å². The van der Waals surface area contributed by atoms with Crippen LogP contribution >= 0.6 is 11.8 Å². The standard InChI is InChI=1S/C13H16N4S/c1-2-4-13(17-7-6-15-16-17)12(3-1)14-9-11-5-8-18-10-11/h1-4,6-7,11,14H,5,8-10H2. The molecule has 1 N–H and O–H groups in total. The highest BCUT2D eigenvalue weighted by Gasteiger charge is 2.15. The van der Waals surface area contributed by atoms with E-state index in [1.54, 1.807) is 10.9 Å². The van der Waals surface area contributed by atoms with Gasteiger partial charge in [-0.3, -0.25) is 0 Å². The Morgan fingerprint density at radius 3 is 3.11 bits per heavy atom. The molecular weight excluding hydrogens is 244 g/mol. The number of thioether (sulfide) groups is 1. The van der Waals surface area contributed by atoms with E-state index < -0.39 is 0 Å². The highest BCUT2D eigenvalue weighted by Crippen LogP contribution is 2.25. The van der Waals surface area contributed by atoms with Crippen molar-refractivity contribution >= 4 is 17.4 Å². The number of anilines is 1. The number of aromatic nitrogens is 3. The average molecular weight is 260 g/mol. The lowest BCUT2D eigenvalue weighted by Crippen LogP contribution is -2.14. The van der Waals surface area contributed by atoms with Gasteiger partial charge >= 0.3 is 0 Å². The molecule has 0 bridgehead atoms. The lowest BCUT2D eigenvalue weighted by molar-refractivity contribution is 0.631. The van der Waals surface area contributed by atoms with Gasteiger partial charge < -0.3 is 5.32 Å². The van der Waals surface area contributed by atoms with Crippen molar-refractivity contribution in [3.05, 3.63) is 36.7 Å². The number of nitrogens with one attached hydrogen (secondary N) is 1. The molecule has 1 aromatic carbocycles. The van der Waals surface area contributed by atoms with Crippen molar-refractivity contribution in [2.75, 3.05) is 23.4 Å². The molecule has 3 rings (SSSR count). The highest BCUT2D eigenvalue weighted by atomic mass is 32.2. The SMILES string of the molecule is c1ccc(-n2ccnn2)c(NCC2CCSC2)c1. The van der Waals surface area contributed by atoms with Crippen molar-refractivity contribution in [2.45, 2.75) is 6.42 Å². The zero-order valence-electron chi connectivity index (χ0n) is 10.1. The van der Waals surface area contributed by atoms with Gasteiger partial charge in [0, 0.05) is 6.54 Å². The summed E-state index contributed by atoms with van der Waals surface area (Å²) >= 11 is 2.05. The van der Waals surface area contributed by atoms with Crippen LogP contribution in [0, 0.1) is 5.92 Å². The normalized spacial score (nSPS) is 19.0. The Balaban J connectivity index is 1.75. The van der Waals surface area contributed by atoms with Crippen molar-refractivity contribution in [1.29, 1.82) is 0 Å². The van der Waals surface area contributed by atoms with Crippen LogP contribution in [0.5, 0.6) is 0 Å². The molecule has 1 atom stereocenters. The highest BCUT2D eigenvalue weighted by molar-refractivity contribution is 7.99. The molecule has 0 radical (unpaired) electrons. The van der Waals surface area contributed by atoms with Crippen molar-refractivity contribution in [2.24, 2.45) is 5.92 Å². The van der Waals surface area contributed by atoms with E-state index in [2.05, 4.69) is 39.5 Å². The Labute approximate surface area is 111 Å². The Hall–Kier alpha value is -1.49. The van der Waals surface area contributed by atoms with E-state index in [1.807, 2.05) is 18.3 Å². The van der Waals surface area contributed by atoms with Crippen LogP contribution in [0.15, 0.2) is 36.7 Å². The minimum atomic E-state index is 0.791. The van der Waals surface area contributed by atoms with Gasteiger partial charge in [0.2, 0.25) is 0 Å². The largest absolute Gasteiger partial charge is 0.383 e. The Morgan fingerprint density at radius 1 is 1.39 bits per heavy atom. The van der Waals surface area contributed by atoms with E-state index in [0.29, 0.717) is 0 Å². The van der Waals surface area contributed by atoms with E-state index in [9.17, 15) is 0 Å². The molecule has 0 saturated carbocycles. The maximum Gasteiger partial charge on any atom is 0.0894 e. The minimum Gasteiger partial charge on any atom is -0.383 e. The van der Waals surface area contributed by atoms with Crippen LogP contribution < -0.4 is 5.32 Å². The second-order valence-electron chi connectivity index (χ2n) is 4.48. The van der Waals surface area contributed by atoms with Gasteiger partial charge in [0.05, 0.1) is 23.8 Å². The van der Waals surface area contributed by atoms with Gasteiger partial charge in [-0.25, -0.2) is 4.68 Å². The molecule has 1 aliphatic rings. The summed E-state index contributed by atoms with van der Waals surface area (Å²) in [6.07, 6.45) is 4.89. The summed E-state index contributed by atoms with van der Waals surface area (Å²) in [6.45, 7) is 1.04. The lowest BCUT2D eigenvalue weighted by Gasteiger charge is -2.14. The average Bonchev–Trinajstić information content (AvgIpc) is 3.10. The summed E-state index contributed by atoms with van der Waals surface area (Å²) in [7, 11) is 0. The molecule has 5 heteroatoms. The van der Waals surface area contributed by atoms with Crippen molar-refractivity contribution in [3.63, 3.8) is 0 Å². The van der Waals surface area contributed by atoms with Crippen LogP contribution in [0.3, 0.4) is 0 Å². The second kappa shape index (κ2) is 5.44. The number of para-hydroxylation sites is 2. The topological polar surface area (TPSA) is 42.7 Å². The smallest absolute Gasteiger partial charge is 0.0894 e. The third kappa shape index (κ3) is 2.51. The molecule has 1 aliphatic heterocycles. The monoisotopic (exact) mass is 260 g/mol. The predicted molar refractivity (Wildman–Crippen MR) is 75.3 cm³/mol. The molecule has 0 spiro atoms. The molecule has 1 aromatic heterocycles. The molecule has 0 aliphatic carbocycles. The summed E-state index contributed by atoms with van der Waals surface area (Å²) in [5.41, 5.74) is 2.18. The van der Waals surface area contributed by atoms with Crippen LogP contribution in [0.1, 0.15) is 6.42 Å². The van der Waals surface area contributed by atoms with Crippen LogP contribution in [0.4, 0.5) is 5.69 Å². The predicted octanol–water partition coefficient (Wildman–Crippen LogP) is 2.43. The maximum absolute atomic E-state index is 4.05. The fraction of sp³-hybridized carbons (Fsp3) is 0.385. The fourth-order valence-electron chi connectivity index (χ4n) is 2.16. The Morgan fingerprint density at radius 2 is 2.33 bits per heavy atom. The molecule has 2 heterocycles. The first kappa shape index (κ1) is 11.6. The number of nitrogens with zero attached hydrogens (tertiary/aromatic N) is 3. The first-order valence-corrected chi connectivity index (χ1v) is 7.36. The summed E-state index contributed by atoms with van der Waals surface area (Å²) < 4.78 is 1.80. The summed E-state index contributed by atoms with van der Waals surface area (Å²) in [5.74, 6) is 3.37. The first-order chi connectivity index (χ1) is 8.93. The van der Waals surface area contributed by atoms with Gasteiger partial charge in [-0.15, -0.1) is 5.10 Å². The third-order valence-electron chi connectivity index (χ3n) is 3.18. The molecule has 1 fully saturated rings. The minimum absolute atomic E-state index is 0.791. The second-order valence-corrected chi connectivity index (χ2v) is 5.63. The van der Waals surface area contributed by atoms with Gasteiger partial charge in [-0.2, -0.15) is 11.8 Å². The maximum atomic E-state index is 4.05. The summed E-state index contributed by atoms with van der Waals surface area (Å²) in [5, 5.41) is 11.5. The van der Waals surface area contributed by atoms with Gasteiger partial charge in [0.25, 0.3) is 0 Å². The van der Waals surface area contributed by atoms with E-state index in [-0.39, 0.29) is 0 Å². The summed E-state index contributed by atoms with van der Waals surface area (Å²) in [4.78, 5) is 0. The van der Waals surface area contributed by atoms with Gasteiger partial charge in [-0.1, -0.05) is 17.3 Å². The van der Waals surface area contributed by atoms with Crippen LogP contribution in [-0.4, -0.2) is 33.0 Å². The van der Waals surface area contributed by atoms with Gasteiger partial charge in [0.15, 0.2) is 0 Å². The fourth-order valence-corrected chi connectivity index (χ4v) is 3.44. The zero-order chi connectivity index (χ0) is 12.2. The molecule has 1 unspecified atom stereocenters. The Bertz CT molecular complexity index is 491. The number of hydrogen-bond donors (Lipinski definition) is 1. The van der Waals surface area contributed by atoms with Crippen LogP contribution in [0.2, 0.25) is 0 Å². The van der Waals surface area contributed by atoms with Crippen LogP contribution in [0.25, 0.3) is 5.69 Å². The molecule has 4 nitrogen and oxygen atoms in total. The van der Waals surface area contributed by atoms with Crippen molar-refractivity contribution < 1.29 is 0 Å². The van der Waals surface area contributed by atoms with Crippen molar-refractivity contribution in [1.82, 2.24) is 15.0 Å². The third-order valence-corrected chi connectivity index (χ3v) is 4.41. The van der Waals surface area contributed by atoms with E-state index in [4.69, 9.17) is 0 Å². The quantitative estimate of drug-likeness (QED) is 0.917. The van der Waals surface area contributed by atoms with Gasteiger partial charge in [0.1, 0.15) is 0 Å². The number of benzene rings is 1. The zero-order valence-corrected chi connectivity index (χ0v) is 10.9. The molecule has 1 saturated heterocycles. The molecule has 18 heavy (non-hydrogen) atoms. The molecule has 94 valence electrons. The van der Waals surface area contributed by atoms with E-state index in [1.165, 1.54) is 17.9 Å². The molecular formula is C13H16N4S. The molecule has 0 amide bonds. The van der Waals surface area contributed by atoms with E-state index >= 15 is 0 Å². The summed E-state index contributed by atoms with van der Waals surface area (Å²) in [6, 6.07) is 8.22. The first-order valence-electron chi connectivity index (χ1n) is 6.21. The van der Waals surface area contributed by atoms with Gasteiger partial charge in [-0.05, 0) is 36.0 Å². The number of hydrogen-bond acceptors (Lipinski definition) is 4. The van der Waals surface area contributed by atoms with Crippen molar-refractivity contribution in [3.8, 4) is 5.69 Å². The Kier molecular flexibility index (Phi) is 3.50. The lowest BCUT2D eigenvalue weighted by atomic mass is 10.1. The number of rotatable bonds is 4.